The number of rotatable bonds is 4. The van der Waals surface area contributed by atoms with Crippen LogP contribution >= 0.6 is 0 Å². The number of carboxylic acids is 1. The second-order valence-electron chi connectivity index (χ2n) is 4.33. The summed E-state index contributed by atoms with van der Waals surface area (Å²) < 4.78 is 13.4. The minimum atomic E-state index is -1.35. The molecule has 0 heterocycles. The smallest absolute Gasteiger partial charge is 0.338 e. The number of aromatic carboxylic acids is 1. The summed E-state index contributed by atoms with van der Waals surface area (Å²) in [5.41, 5.74) is -1.02. The van der Waals surface area contributed by atoms with Crippen molar-refractivity contribution in [2.45, 2.75) is 19.4 Å². The Bertz CT molecular complexity index is 486. The summed E-state index contributed by atoms with van der Waals surface area (Å²) in [5, 5.41) is 14.0. The number of carbonyl (C=O) groups excluding carboxylic acids is 1. The molecule has 1 aromatic carbocycles. The molecule has 1 rings (SSSR count). The largest absolute Gasteiger partial charge is 0.478 e. The van der Waals surface area contributed by atoms with Crippen LogP contribution in [-0.2, 0) is 4.79 Å². The topological polar surface area (TPSA) is 78.4 Å². The third-order valence-electron chi connectivity index (χ3n) is 2.65. The van der Waals surface area contributed by atoms with Crippen LogP contribution in [0.25, 0.3) is 0 Å². The van der Waals surface area contributed by atoms with Crippen LogP contribution in [0.1, 0.15) is 24.2 Å². The normalized spacial score (nSPS) is 11.1. The standard InChI is InChI=1S/C12H15FN2O3/c1-12(2,14-3)11(18)15-7-4-5-8(10(16)17)9(13)6-7/h4-6,14H,1-3H3,(H,15,18)(H,16,17). The molecule has 98 valence electrons. The Balaban J connectivity index is 2.91. The molecule has 1 aromatic rings. The Hall–Kier alpha value is -1.95. The lowest BCUT2D eigenvalue weighted by Gasteiger charge is -2.22. The molecule has 0 radical (unpaired) electrons. The second kappa shape index (κ2) is 5.14. The molecule has 3 N–H and O–H groups in total. The van der Waals surface area contributed by atoms with E-state index in [1.807, 2.05) is 0 Å². The number of likely N-dealkylation sites (N-methyl/N-ethyl adjacent to an activating group) is 1. The van der Waals surface area contributed by atoms with Crippen LogP contribution in [0.4, 0.5) is 10.1 Å². The molecule has 0 saturated carbocycles. The maximum Gasteiger partial charge on any atom is 0.338 e. The molecule has 5 nitrogen and oxygen atoms in total. The summed E-state index contributed by atoms with van der Waals surface area (Å²) in [7, 11) is 1.63. The summed E-state index contributed by atoms with van der Waals surface area (Å²) in [6.45, 7) is 3.34. The van der Waals surface area contributed by atoms with Gasteiger partial charge in [-0.25, -0.2) is 9.18 Å². The van der Waals surface area contributed by atoms with Crippen molar-refractivity contribution in [3.05, 3.63) is 29.6 Å². The molecule has 0 aliphatic heterocycles. The minimum Gasteiger partial charge on any atom is -0.478 e. The van der Waals surface area contributed by atoms with Crippen LogP contribution in [-0.4, -0.2) is 29.6 Å². The minimum absolute atomic E-state index is 0.214. The molecule has 0 atom stereocenters. The Morgan fingerprint density at radius 3 is 2.39 bits per heavy atom. The molecule has 0 spiro atoms. The van der Waals surface area contributed by atoms with Gasteiger partial charge in [-0.2, -0.15) is 0 Å². The van der Waals surface area contributed by atoms with Crippen LogP contribution in [0.2, 0.25) is 0 Å². The molecule has 6 heteroatoms. The number of amides is 1. The third-order valence-corrected chi connectivity index (χ3v) is 2.65. The monoisotopic (exact) mass is 254 g/mol. The maximum atomic E-state index is 13.4. The molecule has 18 heavy (non-hydrogen) atoms. The highest BCUT2D eigenvalue weighted by Crippen LogP contribution is 2.16. The van der Waals surface area contributed by atoms with Gasteiger partial charge in [-0.1, -0.05) is 0 Å². The Morgan fingerprint density at radius 1 is 1.33 bits per heavy atom. The lowest BCUT2D eigenvalue weighted by atomic mass is 10.0. The van der Waals surface area contributed by atoms with E-state index in [1.165, 1.54) is 6.07 Å². The second-order valence-corrected chi connectivity index (χ2v) is 4.33. The first-order valence-corrected chi connectivity index (χ1v) is 5.31. The molecule has 0 aliphatic rings. The summed E-state index contributed by atoms with van der Waals surface area (Å²) in [6.07, 6.45) is 0. The predicted molar refractivity (Wildman–Crippen MR) is 65.1 cm³/mol. The van der Waals surface area contributed by atoms with Crippen molar-refractivity contribution in [2.75, 3.05) is 12.4 Å². The van der Waals surface area contributed by atoms with Gasteiger partial charge in [-0.05, 0) is 39.1 Å². The van der Waals surface area contributed by atoms with Crippen molar-refractivity contribution in [1.29, 1.82) is 0 Å². The number of hydrogen-bond donors (Lipinski definition) is 3. The fraction of sp³-hybridized carbons (Fsp3) is 0.333. The molecular formula is C12H15FN2O3. The van der Waals surface area contributed by atoms with Gasteiger partial charge in [-0.3, -0.25) is 4.79 Å². The quantitative estimate of drug-likeness (QED) is 0.760. The van der Waals surface area contributed by atoms with Crippen molar-refractivity contribution in [2.24, 2.45) is 0 Å². The van der Waals surface area contributed by atoms with Gasteiger partial charge in [-0.15, -0.1) is 0 Å². The first kappa shape index (κ1) is 14.1. The van der Waals surface area contributed by atoms with Crippen molar-refractivity contribution in [3.63, 3.8) is 0 Å². The molecular weight excluding hydrogens is 239 g/mol. The Morgan fingerprint density at radius 2 is 1.94 bits per heavy atom. The number of anilines is 1. The number of hydrogen-bond acceptors (Lipinski definition) is 3. The van der Waals surface area contributed by atoms with Crippen LogP contribution in [0.5, 0.6) is 0 Å². The first-order chi connectivity index (χ1) is 8.27. The lowest BCUT2D eigenvalue weighted by molar-refractivity contribution is -0.121. The van der Waals surface area contributed by atoms with E-state index in [4.69, 9.17) is 5.11 Å². The van der Waals surface area contributed by atoms with Crippen LogP contribution in [0.3, 0.4) is 0 Å². The Labute approximate surface area is 104 Å². The van der Waals surface area contributed by atoms with E-state index in [2.05, 4.69) is 10.6 Å². The van der Waals surface area contributed by atoms with E-state index >= 15 is 0 Å². The zero-order valence-corrected chi connectivity index (χ0v) is 10.4. The maximum absolute atomic E-state index is 13.4. The highest BCUT2D eigenvalue weighted by atomic mass is 19.1. The van der Waals surface area contributed by atoms with E-state index in [-0.39, 0.29) is 11.6 Å². The van der Waals surface area contributed by atoms with Crippen LogP contribution in [0.15, 0.2) is 18.2 Å². The van der Waals surface area contributed by atoms with E-state index < -0.39 is 22.9 Å². The first-order valence-electron chi connectivity index (χ1n) is 5.31. The van der Waals surface area contributed by atoms with Gasteiger partial charge in [0, 0.05) is 5.69 Å². The van der Waals surface area contributed by atoms with Gasteiger partial charge in [0.05, 0.1) is 11.1 Å². The zero-order valence-electron chi connectivity index (χ0n) is 10.4. The zero-order chi connectivity index (χ0) is 13.9. The fourth-order valence-corrected chi connectivity index (χ4v) is 1.17. The molecule has 0 unspecified atom stereocenters. The predicted octanol–water partition coefficient (Wildman–Crippen LogP) is 1.46. The van der Waals surface area contributed by atoms with Gasteiger partial charge < -0.3 is 15.7 Å². The van der Waals surface area contributed by atoms with E-state index in [0.29, 0.717) is 0 Å². The highest BCUT2D eigenvalue weighted by molar-refractivity contribution is 5.98. The van der Waals surface area contributed by atoms with Gasteiger partial charge in [0.2, 0.25) is 5.91 Å². The van der Waals surface area contributed by atoms with Gasteiger partial charge in [0.1, 0.15) is 5.82 Å². The van der Waals surface area contributed by atoms with Crippen molar-refractivity contribution < 1.29 is 19.1 Å². The van der Waals surface area contributed by atoms with Gasteiger partial charge >= 0.3 is 5.97 Å². The van der Waals surface area contributed by atoms with E-state index in [0.717, 1.165) is 12.1 Å². The number of nitrogens with one attached hydrogen (secondary N) is 2. The lowest BCUT2D eigenvalue weighted by Crippen LogP contribution is -2.47. The molecule has 0 saturated heterocycles. The fourth-order valence-electron chi connectivity index (χ4n) is 1.17. The van der Waals surface area contributed by atoms with Gasteiger partial charge in [0.25, 0.3) is 0 Å². The average Bonchev–Trinajstić information content (AvgIpc) is 2.28. The van der Waals surface area contributed by atoms with E-state index in [1.54, 1.807) is 20.9 Å². The SMILES string of the molecule is CNC(C)(C)C(=O)Nc1ccc(C(=O)O)c(F)c1. The highest BCUT2D eigenvalue weighted by Gasteiger charge is 2.25. The summed E-state index contributed by atoms with van der Waals surface area (Å²) in [5.74, 6) is -2.57. The molecule has 0 aliphatic carbocycles. The number of carbonyl (C=O) groups is 2. The van der Waals surface area contributed by atoms with Crippen LogP contribution in [0, 0.1) is 5.82 Å². The van der Waals surface area contributed by atoms with E-state index in [9.17, 15) is 14.0 Å². The number of carboxylic acid groups (broad SMARTS) is 1. The molecule has 0 bridgehead atoms. The van der Waals surface area contributed by atoms with Gasteiger partial charge in [0.15, 0.2) is 0 Å². The average molecular weight is 254 g/mol. The van der Waals surface area contributed by atoms with Crippen LogP contribution < -0.4 is 10.6 Å². The summed E-state index contributed by atoms with van der Waals surface area (Å²) in [4.78, 5) is 22.4. The molecule has 1 amide bonds. The summed E-state index contributed by atoms with van der Waals surface area (Å²) in [6, 6.07) is 3.43. The summed E-state index contributed by atoms with van der Waals surface area (Å²) >= 11 is 0. The molecule has 0 aromatic heterocycles. The molecule has 0 fully saturated rings. The Kier molecular flexibility index (Phi) is 4.03. The number of halogens is 1. The number of benzene rings is 1. The third kappa shape index (κ3) is 3.04. The van der Waals surface area contributed by atoms with Crippen molar-refractivity contribution in [1.82, 2.24) is 5.32 Å². The van der Waals surface area contributed by atoms with Crippen molar-refractivity contribution >= 4 is 17.6 Å². The van der Waals surface area contributed by atoms with Crippen molar-refractivity contribution in [3.8, 4) is 0 Å².